The van der Waals surface area contributed by atoms with Crippen LogP contribution in [-0.4, -0.2) is 23.8 Å². The van der Waals surface area contributed by atoms with E-state index in [1.54, 1.807) is 12.1 Å². The van der Waals surface area contributed by atoms with E-state index in [0.717, 1.165) is 15.3 Å². The molecule has 2 amide bonds. The molecule has 0 radical (unpaired) electrons. The number of benzene rings is 2. The van der Waals surface area contributed by atoms with Crippen molar-refractivity contribution in [3.8, 4) is 10.4 Å². The molecule has 1 aromatic heterocycles. The Kier molecular flexibility index (Phi) is 6.46. The van der Waals surface area contributed by atoms with Gasteiger partial charge in [-0.05, 0) is 53.6 Å². The number of thiophene rings is 1. The van der Waals surface area contributed by atoms with Gasteiger partial charge in [-0.2, -0.15) is 0 Å². The SMILES string of the molecule is CN(C(=O)/C=C/c1ccc(-c2cccc(Cl)c2)s1)C(C(N)=O)c1cccc(F)c1. The summed E-state index contributed by atoms with van der Waals surface area (Å²) in [7, 11) is 1.46. The third-order valence-corrected chi connectivity index (χ3v) is 5.63. The van der Waals surface area contributed by atoms with Gasteiger partial charge in [-0.1, -0.05) is 35.9 Å². The fourth-order valence-electron chi connectivity index (χ4n) is 2.89. The van der Waals surface area contributed by atoms with E-state index in [1.807, 2.05) is 36.4 Å². The lowest BCUT2D eigenvalue weighted by Gasteiger charge is -2.25. The molecule has 0 saturated heterocycles. The van der Waals surface area contributed by atoms with Crippen LogP contribution in [0.4, 0.5) is 4.39 Å². The summed E-state index contributed by atoms with van der Waals surface area (Å²) in [5.74, 6) is -1.66. The zero-order chi connectivity index (χ0) is 21.0. The third-order valence-electron chi connectivity index (χ3n) is 4.29. The minimum Gasteiger partial charge on any atom is -0.368 e. The van der Waals surface area contributed by atoms with Crippen molar-refractivity contribution in [3.63, 3.8) is 0 Å². The molecular weight excluding hydrogens is 411 g/mol. The normalized spacial score (nSPS) is 12.1. The predicted octanol–water partition coefficient (Wildman–Crippen LogP) is 4.91. The molecule has 3 aromatic rings. The molecule has 4 nitrogen and oxygen atoms in total. The molecule has 1 heterocycles. The van der Waals surface area contributed by atoms with Gasteiger partial charge in [0.1, 0.15) is 11.9 Å². The maximum absolute atomic E-state index is 13.5. The highest BCUT2D eigenvalue weighted by Gasteiger charge is 2.25. The first kappa shape index (κ1) is 20.8. The van der Waals surface area contributed by atoms with Crippen LogP contribution in [0.2, 0.25) is 5.02 Å². The number of nitrogens with two attached hydrogens (primary N) is 1. The van der Waals surface area contributed by atoms with Gasteiger partial charge in [-0.25, -0.2) is 4.39 Å². The highest BCUT2D eigenvalue weighted by Crippen LogP contribution is 2.30. The summed E-state index contributed by atoms with van der Waals surface area (Å²) in [6, 6.07) is 15.8. The first-order valence-corrected chi connectivity index (χ1v) is 9.90. The lowest BCUT2D eigenvalue weighted by molar-refractivity contribution is -0.134. The van der Waals surface area contributed by atoms with Crippen molar-refractivity contribution in [2.45, 2.75) is 6.04 Å². The second-order valence-electron chi connectivity index (χ2n) is 6.35. The van der Waals surface area contributed by atoms with E-state index in [-0.39, 0.29) is 0 Å². The summed E-state index contributed by atoms with van der Waals surface area (Å²) >= 11 is 7.54. The van der Waals surface area contributed by atoms with Crippen LogP contribution < -0.4 is 5.73 Å². The summed E-state index contributed by atoms with van der Waals surface area (Å²) in [5, 5.41) is 0.652. The molecule has 0 aliphatic heterocycles. The number of rotatable bonds is 6. The van der Waals surface area contributed by atoms with Gasteiger partial charge in [0.2, 0.25) is 11.8 Å². The first-order valence-electron chi connectivity index (χ1n) is 8.70. The minimum absolute atomic E-state index is 0.320. The number of amides is 2. The van der Waals surface area contributed by atoms with Crippen LogP contribution in [0.5, 0.6) is 0 Å². The monoisotopic (exact) mass is 428 g/mol. The van der Waals surface area contributed by atoms with Gasteiger partial charge in [0, 0.05) is 27.9 Å². The molecule has 0 aliphatic rings. The van der Waals surface area contributed by atoms with Crippen LogP contribution in [0.1, 0.15) is 16.5 Å². The number of hydrogen-bond donors (Lipinski definition) is 1. The van der Waals surface area contributed by atoms with E-state index in [2.05, 4.69) is 0 Å². The van der Waals surface area contributed by atoms with Crippen LogP contribution in [-0.2, 0) is 9.59 Å². The van der Waals surface area contributed by atoms with Crippen molar-refractivity contribution < 1.29 is 14.0 Å². The molecule has 0 saturated carbocycles. The average molecular weight is 429 g/mol. The van der Waals surface area contributed by atoms with Crippen molar-refractivity contribution in [2.75, 3.05) is 7.05 Å². The smallest absolute Gasteiger partial charge is 0.247 e. The largest absolute Gasteiger partial charge is 0.368 e. The number of primary amides is 1. The number of carbonyl (C=O) groups excluding carboxylic acids is 2. The van der Waals surface area contributed by atoms with Gasteiger partial charge in [-0.3, -0.25) is 9.59 Å². The molecular formula is C22H18ClFN2O2S. The maximum Gasteiger partial charge on any atom is 0.247 e. The summed E-state index contributed by atoms with van der Waals surface area (Å²) in [4.78, 5) is 27.5. The third kappa shape index (κ3) is 5.10. The van der Waals surface area contributed by atoms with E-state index in [9.17, 15) is 14.0 Å². The van der Waals surface area contributed by atoms with E-state index >= 15 is 0 Å². The molecule has 29 heavy (non-hydrogen) atoms. The van der Waals surface area contributed by atoms with Gasteiger partial charge in [-0.15, -0.1) is 11.3 Å². The van der Waals surface area contributed by atoms with E-state index in [0.29, 0.717) is 10.6 Å². The minimum atomic E-state index is -1.06. The molecule has 2 N–H and O–H groups in total. The molecule has 0 fully saturated rings. The van der Waals surface area contributed by atoms with E-state index < -0.39 is 23.7 Å². The average Bonchev–Trinajstić information content (AvgIpc) is 3.15. The summed E-state index contributed by atoms with van der Waals surface area (Å²) in [6.07, 6.45) is 3.03. The van der Waals surface area contributed by atoms with Crippen molar-refractivity contribution in [1.82, 2.24) is 4.90 Å². The van der Waals surface area contributed by atoms with Crippen molar-refractivity contribution in [1.29, 1.82) is 0 Å². The molecule has 0 bridgehead atoms. The fraction of sp³-hybridized carbons (Fsp3) is 0.0909. The number of carbonyl (C=O) groups is 2. The molecule has 1 unspecified atom stereocenters. The Hall–Kier alpha value is -2.96. The Morgan fingerprint density at radius 3 is 2.59 bits per heavy atom. The van der Waals surface area contributed by atoms with Crippen LogP contribution in [0.15, 0.2) is 66.7 Å². The zero-order valence-corrected chi connectivity index (χ0v) is 17.1. The second kappa shape index (κ2) is 9.03. The Bertz CT molecular complexity index is 1080. The van der Waals surface area contributed by atoms with E-state index in [1.165, 1.54) is 47.6 Å². The van der Waals surface area contributed by atoms with Crippen LogP contribution >= 0.6 is 22.9 Å². The van der Waals surface area contributed by atoms with Gasteiger partial charge >= 0.3 is 0 Å². The van der Waals surface area contributed by atoms with Crippen LogP contribution in [0.25, 0.3) is 16.5 Å². The number of likely N-dealkylation sites (N-methyl/N-ethyl adjacent to an activating group) is 1. The van der Waals surface area contributed by atoms with Crippen molar-refractivity contribution in [3.05, 3.63) is 88.0 Å². The summed E-state index contributed by atoms with van der Waals surface area (Å²) in [6.45, 7) is 0. The highest BCUT2D eigenvalue weighted by atomic mass is 35.5. The Morgan fingerprint density at radius 1 is 1.14 bits per heavy atom. The van der Waals surface area contributed by atoms with Gasteiger partial charge < -0.3 is 10.6 Å². The Morgan fingerprint density at radius 2 is 1.90 bits per heavy atom. The Balaban J connectivity index is 1.76. The maximum atomic E-state index is 13.5. The molecule has 7 heteroatoms. The lowest BCUT2D eigenvalue weighted by Crippen LogP contribution is -2.38. The quantitative estimate of drug-likeness (QED) is 0.567. The zero-order valence-electron chi connectivity index (χ0n) is 15.5. The van der Waals surface area contributed by atoms with Crippen molar-refractivity contribution >= 4 is 40.8 Å². The second-order valence-corrected chi connectivity index (χ2v) is 7.91. The number of hydrogen-bond acceptors (Lipinski definition) is 3. The van der Waals surface area contributed by atoms with E-state index in [4.69, 9.17) is 17.3 Å². The lowest BCUT2D eigenvalue weighted by atomic mass is 10.0. The van der Waals surface area contributed by atoms with Crippen LogP contribution in [0.3, 0.4) is 0 Å². The number of halogens is 2. The molecule has 148 valence electrons. The predicted molar refractivity (Wildman–Crippen MR) is 115 cm³/mol. The molecule has 0 spiro atoms. The summed E-state index contributed by atoms with van der Waals surface area (Å²) in [5.41, 5.74) is 6.77. The molecule has 3 rings (SSSR count). The van der Waals surface area contributed by atoms with Gasteiger partial charge in [0.05, 0.1) is 0 Å². The molecule has 0 aliphatic carbocycles. The standard InChI is InChI=1S/C22H18ClFN2O2S/c1-26(21(22(25)28)15-5-3-7-17(24)13-15)20(27)11-9-18-8-10-19(29-18)14-4-2-6-16(23)12-14/h2-13,21H,1H3,(H2,25,28)/b11-9+. The Labute approximate surface area is 177 Å². The topological polar surface area (TPSA) is 63.4 Å². The molecule has 2 aromatic carbocycles. The fourth-order valence-corrected chi connectivity index (χ4v) is 3.99. The first-order chi connectivity index (χ1) is 13.8. The van der Waals surface area contributed by atoms with Gasteiger partial charge in [0.25, 0.3) is 0 Å². The summed E-state index contributed by atoms with van der Waals surface area (Å²) < 4.78 is 13.5. The van der Waals surface area contributed by atoms with Gasteiger partial charge in [0.15, 0.2) is 0 Å². The molecule has 1 atom stereocenters. The highest BCUT2D eigenvalue weighted by molar-refractivity contribution is 7.16. The van der Waals surface area contributed by atoms with Crippen LogP contribution in [0, 0.1) is 5.82 Å². The number of nitrogens with zero attached hydrogens (tertiary/aromatic N) is 1. The van der Waals surface area contributed by atoms with Crippen molar-refractivity contribution in [2.24, 2.45) is 5.73 Å².